The van der Waals surface area contributed by atoms with Gasteiger partial charge in [-0.05, 0) is 36.5 Å². The van der Waals surface area contributed by atoms with Gasteiger partial charge in [0.25, 0.3) is 0 Å². The summed E-state index contributed by atoms with van der Waals surface area (Å²) in [5.41, 5.74) is 0.724. The van der Waals surface area contributed by atoms with E-state index in [4.69, 9.17) is 12.2 Å². The van der Waals surface area contributed by atoms with Crippen LogP contribution in [0.25, 0.3) is 0 Å². The van der Waals surface area contributed by atoms with E-state index in [-0.39, 0.29) is 5.75 Å². The molecule has 1 aromatic carbocycles. The summed E-state index contributed by atoms with van der Waals surface area (Å²) in [6.45, 7) is -0.950. The lowest BCUT2D eigenvalue weighted by Gasteiger charge is -2.12. The molecule has 0 aromatic heterocycles. The number of hydrogen-bond acceptors (Lipinski definition) is 2. The second-order valence-electron chi connectivity index (χ2n) is 4.59. The van der Waals surface area contributed by atoms with Crippen molar-refractivity contribution in [3.8, 4) is 5.75 Å². The Morgan fingerprint density at radius 1 is 1.30 bits per heavy atom. The zero-order chi connectivity index (χ0) is 15.0. The first-order valence-corrected chi connectivity index (χ1v) is 6.77. The van der Waals surface area contributed by atoms with Gasteiger partial charge in [0, 0.05) is 18.7 Å². The van der Waals surface area contributed by atoms with Gasteiger partial charge in [0.2, 0.25) is 0 Å². The molecule has 20 heavy (non-hydrogen) atoms. The molecule has 0 radical (unpaired) electrons. The van der Waals surface area contributed by atoms with Gasteiger partial charge in [-0.1, -0.05) is 0 Å². The molecule has 0 atom stereocenters. The fourth-order valence-corrected chi connectivity index (χ4v) is 1.76. The Kier molecular flexibility index (Phi) is 7.17. The van der Waals surface area contributed by atoms with E-state index in [2.05, 4.69) is 29.5 Å². The van der Waals surface area contributed by atoms with E-state index < -0.39 is 6.61 Å². The van der Waals surface area contributed by atoms with Gasteiger partial charge in [-0.25, -0.2) is 0 Å². The van der Waals surface area contributed by atoms with Crippen molar-refractivity contribution in [2.75, 3.05) is 32.5 Å². The lowest BCUT2D eigenvalue weighted by atomic mass is 10.3. The normalized spacial score (nSPS) is 10.7. The monoisotopic (exact) mass is 304 g/mol. The molecule has 0 aliphatic rings. The van der Waals surface area contributed by atoms with Crippen LogP contribution in [0.4, 0.5) is 14.5 Å². The van der Waals surface area contributed by atoms with Crippen LogP contribution in [0.5, 0.6) is 5.75 Å². The van der Waals surface area contributed by atoms with Crippen LogP contribution in [-0.2, 0) is 0 Å². The second-order valence-corrected chi connectivity index (χ2v) is 5.00. The molecule has 112 valence electrons. The molecule has 0 aliphatic carbocycles. The van der Waals surface area contributed by atoms with Crippen molar-refractivity contribution < 1.29 is 18.4 Å². The average molecular weight is 304 g/mol. The maximum Gasteiger partial charge on any atom is 0.387 e. The van der Waals surface area contributed by atoms with Crippen LogP contribution in [0.2, 0.25) is 0 Å². The van der Waals surface area contributed by atoms with Crippen LogP contribution in [0.1, 0.15) is 6.42 Å². The topological polar surface area (TPSA) is 37.7 Å². The Bertz CT molecular complexity index is 413. The zero-order valence-electron chi connectivity index (χ0n) is 11.6. The third-order valence-electron chi connectivity index (χ3n) is 2.48. The van der Waals surface area contributed by atoms with Gasteiger partial charge in [-0.15, -0.1) is 0 Å². The van der Waals surface area contributed by atoms with Gasteiger partial charge in [-0.3, -0.25) is 0 Å². The van der Waals surface area contributed by atoms with Gasteiger partial charge in [0.15, 0.2) is 5.11 Å². The number of rotatable bonds is 7. The van der Waals surface area contributed by atoms with Crippen molar-refractivity contribution in [1.29, 1.82) is 0 Å². The lowest BCUT2D eigenvalue weighted by molar-refractivity contribution is -0.858. The van der Waals surface area contributed by atoms with Crippen LogP contribution >= 0.6 is 12.2 Å². The minimum absolute atomic E-state index is 0.124. The number of anilines is 1. The quantitative estimate of drug-likeness (QED) is 0.521. The van der Waals surface area contributed by atoms with Crippen LogP contribution in [0.15, 0.2) is 24.3 Å². The fourth-order valence-electron chi connectivity index (χ4n) is 1.54. The highest BCUT2D eigenvalue weighted by atomic mass is 32.1. The third kappa shape index (κ3) is 7.20. The molecular weight excluding hydrogens is 284 g/mol. The minimum atomic E-state index is -2.81. The van der Waals surface area contributed by atoms with E-state index in [0.717, 1.165) is 25.2 Å². The number of ether oxygens (including phenoxy) is 1. The molecule has 1 aromatic rings. The molecule has 0 aliphatic heterocycles. The van der Waals surface area contributed by atoms with Crippen molar-refractivity contribution in [2.24, 2.45) is 0 Å². The summed E-state index contributed by atoms with van der Waals surface area (Å²) in [6.07, 6.45) is 1.02. The predicted molar refractivity (Wildman–Crippen MR) is 79.6 cm³/mol. The van der Waals surface area contributed by atoms with E-state index >= 15 is 0 Å². The molecule has 0 amide bonds. The maximum absolute atomic E-state index is 12.0. The van der Waals surface area contributed by atoms with Gasteiger partial charge in [0.1, 0.15) is 5.75 Å². The molecule has 0 fully saturated rings. The fraction of sp³-hybridized carbons (Fsp3) is 0.462. The Balaban J connectivity index is 2.31. The molecule has 0 spiro atoms. The minimum Gasteiger partial charge on any atom is -0.435 e. The van der Waals surface area contributed by atoms with Crippen molar-refractivity contribution in [2.45, 2.75) is 13.0 Å². The van der Waals surface area contributed by atoms with Crippen LogP contribution in [0.3, 0.4) is 0 Å². The largest absolute Gasteiger partial charge is 0.435 e. The van der Waals surface area contributed by atoms with Crippen molar-refractivity contribution in [1.82, 2.24) is 5.32 Å². The van der Waals surface area contributed by atoms with E-state index in [1.165, 1.54) is 17.0 Å². The summed E-state index contributed by atoms with van der Waals surface area (Å²) in [5, 5.41) is 6.59. The molecule has 4 nitrogen and oxygen atoms in total. The number of quaternary nitrogens is 1. The summed E-state index contributed by atoms with van der Waals surface area (Å²) in [6, 6.07) is 6.20. The third-order valence-corrected chi connectivity index (χ3v) is 2.72. The molecule has 3 N–H and O–H groups in total. The van der Waals surface area contributed by atoms with Crippen molar-refractivity contribution >= 4 is 23.0 Å². The number of alkyl halides is 2. The molecular formula is C13H20F2N3OS+. The first kappa shape index (κ1) is 16.6. The van der Waals surface area contributed by atoms with E-state index in [0.29, 0.717) is 5.11 Å². The van der Waals surface area contributed by atoms with Gasteiger partial charge >= 0.3 is 6.61 Å². The smallest absolute Gasteiger partial charge is 0.387 e. The average Bonchev–Trinajstić information content (AvgIpc) is 2.36. The van der Waals surface area contributed by atoms with E-state index in [1.54, 1.807) is 12.1 Å². The summed E-state index contributed by atoms with van der Waals surface area (Å²) in [5.74, 6) is 0.124. The molecule has 0 saturated carbocycles. The van der Waals surface area contributed by atoms with Crippen molar-refractivity contribution in [3.63, 3.8) is 0 Å². The molecule has 1 rings (SSSR count). The molecule has 0 saturated heterocycles. The second kappa shape index (κ2) is 8.65. The Morgan fingerprint density at radius 2 is 1.95 bits per heavy atom. The first-order valence-electron chi connectivity index (χ1n) is 6.36. The molecule has 7 heteroatoms. The summed E-state index contributed by atoms with van der Waals surface area (Å²) >= 11 is 5.14. The highest BCUT2D eigenvalue weighted by molar-refractivity contribution is 7.80. The molecule has 0 unspecified atom stereocenters. The predicted octanol–water partition coefficient (Wildman–Crippen LogP) is 1.11. The summed E-state index contributed by atoms with van der Waals surface area (Å²) in [4.78, 5) is 1.39. The summed E-state index contributed by atoms with van der Waals surface area (Å²) in [7, 11) is 4.19. The number of benzene rings is 1. The Morgan fingerprint density at radius 3 is 2.50 bits per heavy atom. The van der Waals surface area contributed by atoms with Gasteiger partial charge < -0.3 is 20.3 Å². The summed E-state index contributed by atoms with van der Waals surface area (Å²) < 4.78 is 28.2. The van der Waals surface area contributed by atoms with Crippen LogP contribution in [-0.4, -0.2) is 38.9 Å². The maximum atomic E-state index is 12.0. The first-order chi connectivity index (χ1) is 9.47. The standard InChI is InChI=1S/C13H19F2N3OS/c1-18(2)9-3-8-16-13(20)17-10-4-6-11(7-5-10)19-12(14)15/h4-7,12H,3,8-9H2,1-2H3,(H2,16,17,20)/p+1. The van der Waals surface area contributed by atoms with Crippen LogP contribution in [0, 0.1) is 0 Å². The number of thiocarbonyl (C=S) groups is 1. The Hall–Kier alpha value is -1.47. The lowest BCUT2D eigenvalue weighted by Crippen LogP contribution is -3.05. The van der Waals surface area contributed by atoms with Crippen molar-refractivity contribution in [3.05, 3.63) is 24.3 Å². The molecule has 0 heterocycles. The van der Waals surface area contributed by atoms with E-state index in [1.807, 2.05) is 0 Å². The van der Waals surface area contributed by atoms with Crippen LogP contribution < -0.4 is 20.3 Å². The van der Waals surface area contributed by atoms with Gasteiger partial charge in [0.05, 0.1) is 20.6 Å². The highest BCUT2D eigenvalue weighted by Gasteiger charge is 2.04. The number of halogens is 2. The zero-order valence-corrected chi connectivity index (χ0v) is 12.4. The molecule has 0 bridgehead atoms. The highest BCUT2D eigenvalue weighted by Crippen LogP contribution is 2.17. The Labute approximate surface area is 123 Å². The number of nitrogens with one attached hydrogen (secondary N) is 3. The van der Waals surface area contributed by atoms with Gasteiger partial charge in [-0.2, -0.15) is 8.78 Å². The number of hydrogen-bond donors (Lipinski definition) is 3. The van der Waals surface area contributed by atoms with E-state index in [9.17, 15) is 8.78 Å². The SMILES string of the molecule is C[NH+](C)CCCNC(=S)Nc1ccc(OC(F)F)cc1.